The molecule has 0 spiro atoms. The van der Waals surface area contributed by atoms with E-state index in [0.29, 0.717) is 0 Å². The molecular weight excluding hydrogens is 152 g/mol. The molecule has 1 aromatic heterocycles. The minimum Gasteiger partial charge on any atom is -0.320 e. The summed E-state index contributed by atoms with van der Waals surface area (Å²) in [5.74, 6) is 0. The standard InChI is InChI=1S/C8H16N4/c1-4-5-12-6-7(10-11-12)8(2,3)9/h6H,4-5,9H2,1-3H3. The molecule has 0 aliphatic carbocycles. The molecular formula is C8H16N4. The fourth-order valence-electron chi connectivity index (χ4n) is 0.932. The van der Waals surface area contributed by atoms with Gasteiger partial charge in [-0.2, -0.15) is 0 Å². The van der Waals surface area contributed by atoms with Crippen molar-refractivity contribution in [3.05, 3.63) is 11.9 Å². The first-order chi connectivity index (χ1) is 5.54. The lowest BCUT2D eigenvalue weighted by Gasteiger charge is -2.13. The molecule has 0 aromatic carbocycles. The second-order valence-electron chi connectivity index (χ2n) is 3.59. The van der Waals surface area contributed by atoms with Gasteiger partial charge in [0.05, 0.1) is 11.7 Å². The zero-order valence-electron chi connectivity index (χ0n) is 7.91. The van der Waals surface area contributed by atoms with Crippen LogP contribution in [0.1, 0.15) is 32.9 Å². The summed E-state index contributed by atoms with van der Waals surface area (Å²) >= 11 is 0. The molecule has 0 fully saturated rings. The van der Waals surface area contributed by atoms with Crippen LogP contribution in [0, 0.1) is 0 Å². The summed E-state index contributed by atoms with van der Waals surface area (Å²) in [4.78, 5) is 0. The molecule has 2 N–H and O–H groups in total. The SMILES string of the molecule is CCCn1cc(C(C)(C)N)nn1. The van der Waals surface area contributed by atoms with Crippen LogP contribution in [0.4, 0.5) is 0 Å². The van der Waals surface area contributed by atoms with Crippen molar-refractivity contribution in [1.82, 2.24) is 15.0 Å². The normalized spacial score (nSPS) is 12.0. The Balaban J connectivity index is 2.77. The van der Waals surface area contributed by atoms with Gasteiger partial charge in [-0.3, -0.25) is 4.68 Å². The second-order valence-corrected chi connectivity index (χ2v) is 3.59. The van der Waals surface area contributed by atoms with E-state index in [1.807, 2.05) is 24.7 Å². The van der Waals surface area contributed by atoms with E-state index in [2.05, 4.69) is 17.2 Å². The van der Waals surface area contributed by atoms with Crippen LogP contribution in [0.25, 0.3) is 0 Å². The van der Waals surface area contributed by atoms with Gasteiger partial charge < -0.3 is 5.73 Å². The lowest BCUT2D eigenvalue weighted by atomic mass is 10.0. The predicted octanol–water partition coefficient (Wildman–Crippen LogP) is 0.882. The Bertz CT molecular complexity index is 246. The van der Waals surface area contributed by atoms with Gasteiger partial charge in [-0.15, -0.1) is 5.10 Å². The van der Waals surface area contributed by atoms with Crippen LogP contribution in [0.15, 0.2) is 6.20 Å². The lowest BCUT2D eigenvalue weighted by Crippen LogP contribution is -2.29. The van der Waals surface area contributed by atoms with Crippen molar-refractivity contribution in [1.29, 1.82) is 0 Å². The number of rotatable bonds is 3. The summed E-state index contributed by atoms with van der Waals surface area (Å²) in [6.07, 6.45) is 2.97. The van der Waals surface area contributed by atoms with Gasteiger partial charge in [0.25, 0.3) is 0 Å². The Morgan fingerprint density at radius 3 is 2.67 bits per heavy atom. The third-order valence-corrected chi connectivity index (χ3v) is 1.65. The first kappa shape index (κ1) is 9.19. The number of hydrogen-bond acceptors (Lipinski definition) is 3. The van der Waals surface area contributed by atoms with E-state index in [4.69, 9.17) is 5.73 Å². The van der Waals surface area contributed by atoms with E-state index < -0.39 is 0 Å². The van der Waals surface area contributed by atoms with Crippen molar-refractivity contribution in [2.24, 2.45) is 5.73 Å². The highest BCUT2D eigenvalue weighted by Gasteiger charge is 2.17. The highest BCUT2D eigenvalue weighted by Crippen LogP contribution is 2.12. The molecule has 12 heavy (non-hydrogen) atoms. The van der Waals surface area contributed by atoms with Crippen LogP contribution in [-0.4, -0.2) is 15.0 Å². The van der Waals surface area contributed by atoms with Crippen LogP contribution in [-0.2, 0) is 12.1 Å². The topological polar surface area (TPSA) is 56.7 Å². The van der Waals surface area contributed by atoms with Gasteiger partial charge in [0.15, 0.2) is 0 Å². The third-order valence-electron chi connectivity index (χ3n) is 1.65. The van der Waals surface area contributed by atoms with Gasteiger partial charge in [-0.25, -0.2) is 0 Å². The first-order valence-electron chi connectivity index (χ1n) is 4.23. The summed E-state index contributed by atoms with van der Waals surface area (Å²) in [7, 11) is 0. The summed E-state index contributed by atoms with van der Waals surface area (Å²) in [6, 6.07) is 0. The van der Waals surface area contributed by atoms with E-state index in [1.54, 1.807) is 0 Å². The van der Waals surface area contributed by atoms with Crippen LogP contribution in [0.3, 0.4) is 0 Å². The average molecular weight is 168 g/mol. The molecule has 0 aliphatic rings. The van der Waals surface area contributed by atoms with Crippen LogP contribution in [0.2, 0.25) is 0 Å². The minimum absolute atomic E-state index is 0.383. The number of aryl methyl sites for hydroxylation is 1. The van der Waals surface area contributed by atoms with Crippen LogP contribution < -0.4 is 5.73 Å². The van der Waals surface area contributed by atoms with Crippen molar-refractivity contribution in [2.45, 2.75) is 39.3 Å². The molecule has 0 unspecified atom stereocenters. The molecule has 0 bridgehead atoms. The van der Waals surface area contributed by atoms with E-state index in [9.17, 15) is 0 Å². The maximum absolute atomic E-state index is 5.85. The van der Waals surface area contributed by atoms with Crippen molar-refractivity contribution >= 4 is 0 Å². The quantitative estimate of drug-likeness (QED) is 0.729. The van der Waals surface area contributed by atoms with Crippen molar-refractivity contribution < 1.29 is 0 Å². The van der Waals surface area contributed by atoms with Gasteiger partial charge in [0.1, 0.15) is 5.69 Å². The first-order valence-corrected chi connectivity index (χ1v) is 4.23. The Morgan fingerprint density at radius 2 is 2.25 bits per heavy atom. The summed E-state index contributed by atoms with van der Waals surface area (Å²) in [5, 5.41) is 7.95. The van der Waals surface area contributed by atoms with Crippen LogP contribution >= 0.6 is 0 Å². The molecule has 0 amide bonds. The summed E-state index contributed by atoms with van der Waals surface area (Å²) in [6.45, 7) is 6.86. The van der Waals surface area contributed by atoms with Gasteiger partial charge in [-0.1, -0.05) is 12.1 Å². The molecule has 4 nitrogen and oxygen atoms in total. The number of aromatic nitrogens is 3. The van der Waals surface area contributed by atoms with E-state index in [0.717, 1.165) is 18.7 Å². The Labute approximate surface area is 72.8 Å². The maximum Gasteiger partial charge on any atom is 0.102 e. The molecule has 0 atom stereocenters. The van der Waals surface area contributed by atoms with Crippen molar-refractivity contribution in [3.63, 3.8) is 0 Å². The monoisotopic (exact) mass is 168 g/mol. The van der Waals surface area contributed by atoms with Crippen LogP contribution in [0.5, 0.6) is 0 Å². The molecule has 0 saturated carbocycles. The molecule has 1 aromatic rings. The van der Waals surface area contributed by atoms with Gasteiger partial charge in [0.2, 0.25) is 0 Å². The highest BCUT2D eigenvalue weighted by atomic mass is 15.4. The van der Waals surface area contributed by atoms with E-state index in [-0.39, 0.29) is 5.54 Å². The second kappa shape index (κ2) is 3.23. The summed E-state index contributed by atoms with van der Waals surface area (Å²) < 4.78 is 1.82. The van der Waals surface area contributed by atoms with E-state index >= 15 is 0 Å². The van der Waals surface area contributed by atoms with Gasteiger partial charge in [-0.05, 0) is 20.3 Å². The molecule has 1 rings (SSSR count). The lowest BCUT2D eigenvalue weighted by molar-refractivity contribution is 0.533. The fraction of sp³-hybridized carbons (Fsp3) is 0.750. The third kappa shape index (κ3) is 2.04. The van der Waals surface area contributed by atoms with Gasteiger partial charge >= 0.3 is 0 Å². The molecule has 0 aliphatic heterocycles. The maximum atomic E-state index is 5.85. The Hall–Kier alpha value is -0.900. The average Bonchev–Trinajstić information content (AvgIpc) is 2.35. The van der Waals surface area contributed by atoms with Gasteiger partial charge in [0, 0.05) is 6.54 Å². The predicted molar refractivity (Wildman–Crippen MR) is 47.5 cm³/mol. The Morgan fingerprint density at radius 1 is 1.58 bits per heavy atom. The smallest absolute Gasteiger partial charge is 0.102 e. The minimum atomic E-state index is -0.383. The summed E-state index contributed by atoms with van der Waals surface area (Å²) in [5.41, 5.74) is 6.31. The largest absolute Gasteiger partial charge is 0.320 e. The zero-order valence-corrected chi connectivity index (χ0v) is 7.91. The molecule has 1 heterocycles. The molecule has 68 valence electrons. The molecule has 0 saturated heterocycles. The van der Waals surface area contributed by atoms with Crippen molar-refractivity contribution in [2.75, 3.05) is 0 Å². The number of nitrogens with zero attached hydrogens (tertiary/aromatic N) is 3. The Kier molecular flexibility index (Phi) is 2.47. The van der Waals surface area contributed by atoms with E-state index in [1.165, 1.54) is 0 Å². The number of hydrogen-bond donors (Lipinski definition) is 1. The number of nitrogens with two attached hydrogens (primary N) is 1. The van der Waals surface area contributed by atoms with Crippen molar-refractivity contribution in [3.8, 4) is 0 Å². The zero-order chi connectivity index (χ0) is 9.19. The molecule has 0 radical (unpaired) electrons. The highest BCUT2D eigenvalue weighted by molar-refractivity contribution is 5.05. The fourth-order valence-corrected chi connectivity index (χ4v) is 0.932. The molecule has 4 heteroatoms.